The summed E-state index contributed by atoms with van der Waals surface area (Å²) >= 11 is 0. The minimum atomic E-state index is -0.0242. The van der Waals surface area contributed by atoms with Crippen molar-refractivity contribution in [3.8, 4) is 0 Å². The summed E-state index contributed by atoms with van der Waals surface area (Å²) in [7, 11) is 0. The Morgan fingerprint density at radius 2 is 1.95 bits per heavy atom. The lowest BCUT2D eigenvalue weighted by Gasteiger charge is -2.25. The second-order valence-electron chi connectivity index (χ2n) is 5.75. The standard InChI is InChI=1S/C18H27NO2/c1-2-3-4-5-9-15-21-17-13-10-14-19(17)18(20)16-11-7-6-8-12-16/h6-8,11-12,17H,2-5,9-10,13-15H2,1H3. The van der Waals surface area contributed by atoms with E-state index in [1.165, 1.54) is 25.7 Å². The molecule has 1 fully saturated rings. The van der Waals surface area contributed by atoms with Crippen LogP contribution in [-0.2, 0) is 4.74 Å². The van der Waals surface area contributed by atoms with Crippen LogP contribution in [0.4, 0.5) is 0 Å². The predicted octanol–water partition coefficient (Wildman–Crippen LogP) is 4.24. The molecule has 0 bridgehead atoms. The molecule has 1 aliphatic heterocycles. The second-order valence-corrected chi connectivity index (χ2v) is 5.75. The normalized spacial score (nSPS) is 18.1. The topological polar surface area (TPSA) is 29.5 Å². The molecular weight excluding hydrogens is 262 g/mol. The van der Waals surface area contributed by atoms with Crippen molar-refractivity contribution >= 4 is 5.91 Å². The smallest absolute Gasteiger partial charge is 0.255 e. The fraction of sp³-hybridized carbons (Fsp3) is 0.611. The van der Waals surface area contributed by atoms with Gasteiger partial charge in [-0.2, -0.15) is 0 Å². The highest BCUT2D eigenvalue weighted by Gasteiger charge is 2.29. The summed E-state index contributed by atoms with van der Waals surface area (Å²) in [4.78, 5) is 14.4. The van der Waals surface area contributed by atoms with E-state index in [4.69, 9.17) is 4.74 Å². The number of amides is 1. The van der Waals surface area contributed by atoms with Crippen LogP contribution >= 0.6 is 0 Å². The highest BCUT2D eigenvalue weighted by Crippen LogP contribution is 2.21. The van der Waals surface area contributed by atoms with Crippen LogP contribution in [0.5, 0.6) is 0 Å². The number of unbranched alkanes of at least 4 members (excludes halogenated alkanes) is 4. The SMILES string of the molecule is CCCCCCCOC1CCCN1C(=O)c1ccccc1. The Hall–Kier alpha value is -1.35. The zero-order chi connectivity index (χ0) is 14.9. The van der Waals surface area contributed by atoms with E-state index >= 15 is 0 Å². The number of nitrogens with zero attached hydrogens (tertiary/aromatic N) is 1. The van der Waals surface area contributed by atoms with Crippen molar-refractivity contribution < 1.29 is 9.53 Å². The third kappa shape index (κ3) is 4.85. The molecule has 0 N–H and O–H groups in total. The zero-order valence-corrected chi connectivity index (χ0v) is 13.1. The van der Waals surface area contributed by atoms with E-state index < -0.39 is 0 Å². The van der Waals surface area contributed by atoms with Crippen molar-refractivity contribution in [1.82, 2.24) is 4.90 Å². The minimum Gasteiger partial charge on any atom is -0.358 e. The van der Waals surface area contributed by atoms with Crippen molar-refractivity contribution in [1.29, 1.82) is 0 Å². The van der Waals surface area contributed by atoms with Crippen molar-refractivity contribution in [3.05, 3.63) is 35.9 Å². The maximum Gasteiger partial charge on any atom is 0.255 e. The maximum atomic E-state index is 12.5. The molecule has 21 heavy (non-hydrogen) atoms. The van der Waals surface area contributed by atoms with Gasteiger partial charge >= 0.3 is 0 Å². The van der Waals surface area contributed by atoms with Gasteiger partial charge in [-0.1, -0.05) is 50.8 Å². The molecular formula is C18H27NO2. The summed E-state index contributed by atoms with van der Waals surface area (Å²) < 4.78 is 5.94. The lowest BCUT2D eigenvalue weighted by atomic mass is 10.2. The summed E-state index contributed by atoms with van der Waals surface area (Å²) in [5, 5.41) is 0. The predicted molar refractivity (Wildman–Crippen MR) is 85.2 cm³/mol. The molecule has 2 rings (SSSR count). The Kier molecular flexibility index (Phi) is 6.74. The molecule has 0 aliphatic carbocycles. The van der Waals surface area contributed by atoms with Gasteiger partial charge in [0.15, 0.2) is 0 Å². The Morgan fingerprint density at radius 1 is 1.19 bits per heavy atom. The molecule has 0 saturated carbocycles. The molecule has 0 radical (unpaired) electrons. The summed E-state index contributed by atoms with van der Waals surface area (Å²) in [6.45, 7) is 3.81. The lowest BCUT2D eigenvalue weighted by molar-refractivity contribution is -0.0262. The van der Waals surface area contributed by atoms with Crippen LogP contribution in [0.2, 0.25) is 0 Å². The first-order chi connectivity index (χ1) is 10.3. The quantitative estimate of drug-likeness (QED) is 0.670. The van der Waals surface area contributed by atoms with Crippen LogP contribution in [0.25, 0.3) is 0 Å². The van der Waals surface area contributed by atoms with Gasteiger partial charge in [-0.15, -0.1) is 0 Å². The van der Waals surface area contributed by atoms with Crippen molar-refractivity contribution in [2.24, 2.45) is 0 Å². The first-order valence-electron chi connectivity index (χ1n) is 8.30. The molecule has 1 amide bonds. The number of likely N-dealkylation sites (tertiary alicyclic amines) is 1. The molecule has 3 heteroatoms. The number of carbonyl (C=O) groups is 1. The van der Waals surface area contributed by atoms with Crippen LogP contribution in [0.15, 0.2) is 30.3 Å². The largest absolute Gasteiger partial charge is 0.358 e. The number of rotatable bonds is 8. The van der Waals surface area contributed by atoms with Crippen LogP contribution < -0.4 is 0 Å². The van der Waals surface area contributed by atoms with Gasteiger partial charge in [-0.05, 0) is 31.4 Å². The maximum absolute atomic E-state index is 12.5. The highest BCUT2D eigenvalue weighted by atomic mass is 16.5. The average Bonchev–Trinajstić information content (AvgIpc) is 2.99. The molecule has 1 heterocycles. The van der Waals surface area contributed by atoms with Gasteiger partial charge in [0.2, 0.25) is 0 Å². The molecule has 116 valence electrons. The van der Waals surface area contributed by atoms with Gasteiger partial charge in [0, 0.05) is 18.7 Å². The number of ether oxygens (including phenoxy) is 1. The second kappa shape index (κ2) is 8.83. The Bertz CT molecular complexity index is 418. The van der Waals surface area contributed by atoms with Gasteiger partial charge in [-0.3, -0.25) is 4.79 Å². The number of hydrogen-bond donors (Lipinski definition) is 0. The minimum absolute atomic E-state index is 0.0242. The van der Waals surface area contributed by atoms with E-state index in [0.717, 1.165) is 38.0 Å². The van der Waals surface area contributed by atoms with E-state index in [1.807, 2.05) is 35.2 Å². The van der Waals surface area contributed by atoms with E-state index in [1.54, 1.807) is 0 Å². The Labute approximate surface area is 128 Å². The van der Waals surface area contributed by atoms with Gasteiger partial charge in [0.1, 0.15) is 6.23 Å². The van der Waals surface area contributed by atoms with Crippen LogP contribution in [0.1, 0.15) is 62.2 Å². The van der Waals surface area contributed by atoms with Crippen LogP contribution in [0.3, 0.4) is 0 Å². The molecule has 3 nitrogen and oxygen atoms in total. The molecule has 1 atom stereocenters. The monoisotopic (exact) mass is 289 g/mol. The first kappa shape index (κ1) is 16.0. The van der Waals surface area contributed by atoms with Gasteiger partial charge in [0.05, 0.1) is 0 Å². The molecule has 1 aromatic carbocycles. The summed E-state index contributed by atoms with van der Waals surface area (Å²) in [6, 6.07) is 9.51. The first-order valence-corrected chi connectivity index (χ1v) is 8.30. The van der Waals surface area contributed by atoms with E-state index in [2.05, 4.69) is 6.92 Å². The summed E-state index contributed by atoms with van der Waals surface area (Å²) in [5.41, 5.74) is 0.760. The zero-order valence-electron chi connectivity index (χ0n) is 13.1. The van der Waals surface area contributed by atoms with Gasteiger partial charge in [0.25, 0.3) is 5.91 Å². The average molecular weight is 289 g/mol. The molecule has 1 aromatic rings. The Balaban J connectivity index is 1.76. The van der Waals surface area contributed by atoms with E-state index in [-0.39, 0.29) is 12.1 Å². The number of benzene rings is 1. The Morgan fingerprint density at radius 3 is 2.71 bits per heavy atom. The van der Waals surface area contributed by atoms with Crippen LogP contribution in [-0.4, -0.2) is 30.2 Å². The molecule has 0 aromatic heterocycles. The highest BCUT2D eigenvalue weighted by molar-refractivity contribution is 5.94. The molecule has 1 aliphatic rings. The molecule has 0 spiro atoms. The van der Waals surface area contributed by atoms with Crippen molar-refractivity contribution in [2.75, 3.05) is 13.2 Å². The lowest BCUT2D eigenvalue weighted by Crippen LogP contribution is -2.37. The molecule has 1 saturated heterocycles. The fourth-order valence-corrected chi connectivity index (χ4v) is 2.81. The van der Waals surface area contributed by atoms with E-state index in [9.17, 15) is 4.79 Å². The van der Waals surface area contributed by atoms with E-state index in [0.29, 0.717) is 0 Å². The van der Waals surface area contributed by atoms with Crippen molar-refractivity contribution in [2.45, 2.75) is 58.1 Å². The number of hydrogen-bond acceptors (Lipinski definition) is 2. The summed E-state index contributed by atoms with van der Waals surface area (Å²) in [5.74, 6) is 0.101. The van der Waals surface area contributed by atoms with Gasteiger partial charge < -0.3 is 9.64 Å². The van der Waals surface area contributed by atoms with Gasteiger partial charge in [-0.25, -0.2) is 0 Å². The number of carbonyl (C=O) groups excluding carboxylic acids is 1. The summed E-state index contributed by atoms with van der Waals surface area (Å²) in [6.07, 6.45) is 8.18. The third-order valence-corrected chi connectivity index (χ3v) is 4.04. The van der Waals surface area contributed by atoms with Crippen molar-refractivity contribution in [3.63, 3.8) is 0 Å². The third-order valence-electron chi connectivity index (χ3n) is 4.04. The molecule has 1 unspecified atom stereocenters. The van der Waals surface area contributed by atoms with Crippen LogP contribution in [0, 0.1) is 0 Å². The fourth-order valence-electron chi connectivity index (χ4n) is 2.81.